The topological polar surface area (TPSA) is 75.5 Å². The van der Waals surface area contributed by atoms with E-state index in [9.17, 15) is 14.9 Å². The lowest BCUT2D eigenvalue weighted by Crippen LogP contribution is -2.41. The molecule has 1 atom stereocenters. The third kappa shape index (κ3) is 5.05. The number of carbonyl (C=O) groups is 1. The van der Waals surface area contributed by atoms with Gasteiger partial charge in [0.2, 0.25) is 0 Å². The number of nitro groups is 1. The van der Waals surface area contributed by atoms with Crippen LogP contribution in [0.4, 0.5) is 5.69 Å². The first kappa shape index (κ1) is 20.2. The number of carbonyl (C=O) groups excluding carboxylic acids is 1. The fourth-order valence-electron chi connectivity index (χ4n) is 3.32. The standard InChI is InChI=1S/C19H22IN3O3S/c1-13-6-8-22(9-7-13)17(18-3-2-10-27-18)12-21-19(24)15-11-14(23(25)26)4-5-16(15)20/h2-5,10-11,13,17H,6-9,12H2,1H3,(H,21,24). The number of hydrogen-bond donors (Lipinski definition) is 1. The number of piperidine rings is 1. The zero-order valence-corrected chi connectivity index (χ0v) is 18.0. The molecule has 1 aliphatic rings. The van der Waals surface area contributed by atoms with Crippen molar-refractivity contribution >= 4 is 45.5 Å². The number of rotatable bonds is 6. The molecule has 6 nitrogen and oxygen atoms in total. The zero-order chi connectivity index (χ0) is 19.4. The molecule has 1 aromatic carbocycles. The van der Waals surface area contributed by atoms with Crippen LogP contribution in [0.15, 0.2) is 35.7 Å². The smallest absolute Gasteiger partial charge is 0.270 e. The van der Waals surface area contributed by atoms with Crippen LogP contribution in [-0.4, -0.2) is 35.4 Å². The van der Waals surface area contributed by atoms with E-state index in [4.69, 9.17) is 0 Å². The van der Waals surface area contributed by atoms with Gasteiger partial charge in [-0.2, -0.15) is 0 Å². The van der Waals surface area contributed by atoms with E-state index < -0.39 is 4.92 Å². The number of nitrogens with zero attached hydrogens (tertiary/aromatic N) is 2. The second kappa shape index (κ2) is 9.11. The normalized spacial score (nSPS) is 16.8. The summed E-state index contributed by atoms with van der Waals surface area (Å²) in [5.74, 6) is 0.473. The van der Waals surface area contributed by atoms with E-state index in [1.54, 1.807) is 17.4 Å². The van der Waals surface area contributed by atoms with Crippen molar-refractivity contribution in [2.75, 3.05) is 19.6 Å². The van der Waals surface area contributed by atoms with Gasteiger partial charge < -0.3 is 5.32 Å². The highest BCUT2D eigenvalue weighted by atomic mass is 127. The maximum absolute atomic E-state index is 12.7. The number of nitro benzene ring substituents is 1. The summed E-state index contributed by atoms with van der Waals surface area (Å²) in [6.07, 6.45) is 2.33. The van der Waals surface area contributed by atoms with Crippen LogP contribution in [0, 0.1) is 19.6 Å². The second-order valence-corrected chi connectivity index (χ2v) is 9.02. The summed E-state index contributed by atoms with van der Waals surface area (Å²) in [7, 11) is 0. The monoisotopic (exact) mass is 499 g/mol. The fraction of sp³-hybridized carbons (Fsp3) is 0.421. The molecule has 1 amide bonds. The van der Waals surface area contributed by atoms with Crippen LogP contribution in [0.2, 0.25) is 0 Å². The van der Waals surface area contributed by atoms with Crippen LogP contribution < -0.4 is 5.32 Å². The molecule has 3 rings (SSSR count). The minimum Gasteiger partial charge on any atom is -0.350 e. The first-order valence-electron chi connectivity index (χ1n) is 8.95. The van der Waals surface area contributed by atoms with Gasteiger partial charge in [0.15, 0.2) is 0 Å². The minimum atomic E-state index is -0.476. The number of hydrogen-bond acceptors (Lipinski definition) is 5. The van der Waals surface area contributed by atoms with Crippen molar-refractivity contribution in [3.05, 3.63) is 59.8 Å². The van der Waals surface area contributed by atoms with Crippen LogP contribution in [0.25, 0.3) is 0 Å². The predicted octanol–water partition coefficient (Wildman–Crippen LogP) is 4.46. The van der Waals surface area contributed by atoms with Crippen molar-refractivity contribution in [2.45, 2.75) is 25.8 Å². The molecular weight excluding hydrogens is 477 g/mol. The van der Waals surface area contributed by atoms with E-state index in [0.29, 0.717) is 15.7 Å². The van der Waals surface area contributed by atoms with E-state index in [1.165, 1.54) is 29.9 Å². The Bertz CT molecular complexity index is 805. The molecule has 2 aromatic rings. The Hall–Kier alpha value is -1.52. The quantitative estimate of drug-likeness (QED) is 0.362. The molecule has 144 valence electrons. The molecule has 1 fully saturated rings. The van der Waals surface area contributed by atoms with Crippen molar-refractivity contribution in [2.24, 2.45) is 5.92 Å². The molecule has 0 aliphatic carbocycles. The van der Waals surface area contributed by atoms with Crippen LogP contribution in [0.5, 0.6) is 0 Å². The first-order valence-corrected chi connectivity index (χ1v) is 10.9. The molecule has 0 radical (unpaired) electrons. The van der Waals surface area contributed by atoms with Crippen molar-refractivity contribution in [1.29, 1.82) is 0 Å². The number of thiophene rings is 1. The number of halogens is 1. The van der Waals surface area contributed by atoms with Crippen LogP contribution >= 0.6 is 33.9 Å². The Kier molecular flexibility index (Phi) is 6.83. The number of amides is 1. The number of likely N-dealkylation sites (tertiary alicyclic amines) is 1. The molecule has 1 N–H and O–H groups in total. The van der Waals surface area contributed by atoms with E-state index >= 15 is 0 Å². The Morgan fingerprint density at radius 3 is 2.78 bits per heavy atom. The van der Waals surface area contributed by atoms with Crippen LogP contribution in [-0.2, 0) is 0 Å². The maximum Gasteiger partial charge on any atom is 0.270 e. The van der Waals surface area contributed by atoms with Gasteiger partial charge in [-0.25, -0.2) is 0 Å². The maximum atomic E-state index is 12.7. The van der Waals surface area contributed by atoms with Gasteiger partial charge in [0.1, 0.15) is 0 Å². The molecule has 0 spiro atoms. The summed E-state index contributed by atoms with van der Waals surface area (Å²) in [5.41, 5.74) is 0.280. The Balaban J connectivity index is 1.73. The summed E-state index contributed by atoms with van der Waals surface area (Å²) in [6, 6.07) is 8.65. The van der Waals surface area contributed by atoms with E-state index in [-0.39, 0.29) is 17.6 Å². The molecule has 1 saturated heterocycles. The van der Waals surface area contributed by atoms with Gasteiger partial charge in [-0.1, -0.05) is 13.0 Å². The molecule has 27 heavy (non-hydrogen) atoms. The lowest BCUT2D eigenvalue weighted by atomic mass is 9.97. The van der Waals surface area contributed by atoms with E-state index in [1.807, 2.05) is 28.7 Å². The Morgan fingerprint density at radius 2 is 2.15 bits per heavy atom. The number of benzene rings is 1. The Labute approximate surface area is 176 Å². The first-order chi connectivity index (χ1) is 13.0. The summed E-state index contributed by atoms with van der Waals surface area (Å²) < 4.78 is 0.704. The average molecular weight is 499 g/mol. The summed E-state index contributed by atoms with van der Waals surface area (Å²) in [5, 5.41) is 16.1. The lowest BCUT2D eigenvalue weighted by molar-refractivity contribution is -0.384. The van der Waals surface area contributed by atoms with E-state index in [2.05, 4.69) is 28.6 Å². The SMILES string of the molecule is CC1CCN(C(CNC(=O)c2cc([N+](=O)[O-])ccc2I)c2cccs2)CC1. The van der Waals surface area contributed by atoms with Gasteiger partial charge in [0.25, 0.3) is 11.6 Å². The van der Waals surface area contributed by atoms with Crippen molar-refractivity contribution in [3.63, 3.8) is 0 Å². The van der Waals surface area contributed by atoms with Gasteiger partial charge >= 0.3 is 0 Å². The highest BCUT2D eigenvalue weighted by Gasteiger charge is 2.26. The summed E-state index contributed by atoms with van der Waals surface area (Å²) in [6.45, 7) is 4.82. The van der Waals surface area contributed by atoms with Crippen molar-refractivity contribution in [1.82, 2.24) is 10.2 Å². The minimum absolute atomic E-state index is 0.0691. The largest absolute Gasteiger partial charge is 0.350 e. The van der Waals surface area contributed by atoms with Gasteiger partial charge in [-0.3, -0.25) is 19.8 Å². The molecule has 1 aromatic heterocycles. The molecule has 1 unspecified atom stereocenters. The zero-order valence-electron chi connectivity index (χ0n) is 15.1. The van der Waals surface area contributed by atoms with Crippen LogP contribution in [0.1, 0.15) is 41.0 Å². The molecular formula is C19H22IN3O3S. The summed E-state index contributed by atoms with van der Waals surface area (Å²) >= 11 is 3.74. The van der Waals surface area contributed by atoms with Crippen molar-refractivity contribution < 1.29 is 9.72 Å². The molecule has 8 heteroatoms. The highest BCUT2D eigenvalue weighted by molar-refractivity contribution is 14.1. The van der Waals surface area contributed by atoms with E-state index in [0.717, 1.165) is 19.0 Å². The lowest BCUT2D eigenvalue weighted by Gasteiger charge is -2.36. The number of nitrogens with one attached hydrogen (secondary N) is 1. The van der Waals surface area contributed by atoms with Crippen LogP contribution in [0.3, 0.4) is 0 Å². The molecule has 0 saturated carbocycles. The number of non-ortho nitro benzene ring substituents is 1. The third-order valence-electron chi connectivity index (χ3n) is 4.99. The predicted molar refractivity (Wildman–Crippen MR) is 115 cm³/mol. The Morgan fingerprint density at radius 1 is 1.41 bits per heavy atom. The van der Waals surface area contributed by atoms with Gasteiger partial charge in [-0.15, -0.1) is 11.3 Å². The average Bonchev–Trinajstić information content (AvgIpc) is 3.17. The molecule has 0 bridgehead atoms. The highest BCUT2D eigenvalue weighted by Crippen LogP contribution is 2.29. The van der Waals surface area contributed by atoms with Gasteiger partial charge in [0.05, 0.1) is 16.5 Å². The van der Waals surface area contributed by atoms with Crippen molar-refractivity contribution in [3.8, 4) is 0 Å². The summed E-state index contributed by atoms with van der Waals surface area (Å²) in [4.78, 5) is 26.9. The van der Waals surface area contributed by atoms with Gasteiger partial charge in [-0.05, 0) is 72.0 Å². The van der Waals surface area contributed by atoms with Gasteiger partial charge in [0, 0.05) is 27.1 Å². The third-order valence-corrected chi connectivity index (χ3v) is 6.91. The molecule has 2 heterocycles. The fourth-order valence-corrected chi connectivity index (χ4v) is 4.76. The molecule has 1 aliphatic heterocycles. The second-order valence-electron chi connectivity index (χ2n) is 6.88.